The van der Waals surface area contributed by atoms with Gasteiger partial charge in [0.2, 0.25) is 0 Å². The van der Waals surface area contributed by atoms with Crippen LogP contribution in [0.25, 0.3) is 10.4 Å². The third-order valence-corrected chi connectivity index (χ3v) is 11.1. The molecule has 5 nitrogen and oxygen atoms in total. The van der Waals surface area contributed by atoms with Gasteiger partial charge in [0, 0.05) is 76.6 Å². The summed E-state index contributed by atoms with van der Waals surface area (Å²) in [5.74, 6) is 0.497. The summed E-state index contributed by atoms with van der Waals surface area (Å²) >= 11 is 5.56. The maximum Gasteiger partial charge on any atom is 0.124 e. The van der Waals surface area contributed by atoms with Gasteiger partial charge in [-0.25, -0.2) is 0 Å². The molecule has 0 spiro atoms. The molecule has 200 valence electrons. The summed E-state index contributed by atoms with van der Waals surface area (Å²) in [5, 5.41) is 11.4. The van der Waals surface area contributed by atoms with Crippen LogP contribution in [0.5, 0.6) is 5.75 Å². The zero-order valence-electron chi connectivity index (χ0n) is 22.4. The molecule has 1 aromatic carbocycles. The first kappa shape index (κ1) is 28.1. The Kier molecular flexibility index (Phi) is 10.8. The molecule has 8 heteroatoms. The number of phenolic OH excluding ortho intramolecular Hbond substituents is 1. The van der Waals surface area contributed by atoms with Gasteiger partial charge in [0.25, 0.3) is 0 Å². The number of rotatable bonds is 11. The summed E-state index contributed by atoms with van der Waals surface area (Å²) in [6.07, 6.45) is 5.08. The van der Waals surface area contributed by atoms with Gasteiger partial charge in [-0.3, -0.25) is 9.80 Å². The zero-order valence-corrected chi connectivity index (χ0v) is 24.9. The van der Waals surface area contributed by atoms with Crippen LogP contribution in [-0.4, -0.2) is 90.2 Å². The van der Waals surface area contributed by atoms with Crippen LogP contribution in [0, 0.1) is 10.7 Å². The number of hydrogen-bond donors (Lipinski definition) is 1. The second-order valence-electron chi connectivity index (χ2n) is 10.5. The van der Waals surface area contributed by atoms with Gasteiger partial charge in [-0.15, -0.1) is 0 Å². The first-order chi connectivity index (χ1) is 17.5. The van der Waals surface area contributed by atoms with Gasteiger partial charge in [0.1, 0.15) is 9.57 Å². The summed E-state index contributed by atoms with van der Waals surface area (Å²) in [7, 11) is 3.46. The first-order valence-corrected chi connectivity index (χ1v) is 16.4. The number of benzene rings is 1. The highest BCUT2D eigenvalue weighted by Crippen LogP contribution is 2.38. The molecule has 1 aromatic heterocycles. The second-order valence-corrected chi connectivity index (χ2v) is 13.3. The first-order valence-electron chi connectivity index (χ1n) is 13.8. The highest BCUT2D eigenvalue weighted by molar-refractivity contribution is 7.80. The Labute approximate surface area is 230 Å². The number of nitrogens with zero attached hydrogens (tertiary/aromatic N) is 4. The van der Waals surface area contributed by atoms with E-state index in [2.05, 4.69) is 52.5 Å². The van der Waals surface area contributed by atoms with E-state index in [0.29, 0.717) is 5.75 Å². The fourth-order valence-electron chi connectivity index (χ4n) is 5.28. The molecule has 0 radical (unpaired) electrons. The van der Waals surface area contributed by atoms with Crippen LogP contribution in [0.15, 0.2) is 12.1 Å². The molecule has 4 rings (SSSR count). The quantitative estimate of drug-likeness (QED) is 0.272. The van der Waals surface area contributed by atoms with Crippen LogP contribution in [-0.2, 0) is 13.1 Å². The van der Waals surface area contributed by atoms with Crippen LogP contribution in [0.4, 0.5) is 0 Å². The summed E-state index contributed by atoms with van der Waals surface area (Å²) in [6.45, 7) is 19.5. The van der Waals surface area contributed by atoms with E-state index in [1.807, 2.05) is 0 Å². The smallest absolute Gasteiger partial charge is 0.124 e. The number of unbranched alkanes of at least 4 members (excludes halogenated alkanes) is 2. The van der Waals surface area contributed by atoms with Crippen LogP contribution in [0.3, 0.4) is 0 Å². The summed E-state index contributed by atoms with van der Waals surface area (Å²) in [6, 6.07) is 4.45. The van der Waals surface area contributed by atoms with E-state index in [9.17, 15) is 5.11 Å². The third kappa shape index (κ3) is 7.37. The summed E-state index contributed by atoms with van der Waals surface area (Å²) in [5.41, 5.74) is 4.55. The molecule has 0 saturated carbocycles. The number of piperazine rings is 2. The minimum absolute atomic E-state index is 0.497. The van der Waals surface area contributed by atoms with Crippen molar-refractivity contribution in [1.29, 1.82) is 0 Å². The third-order valence-electron chi connectivity index (χ3n) is 7.75. The summed E-state index contributed by atoms with van der Waals surface area (Å²) < 4.78 is 0.984. The van der Waals surface area contributed by atoms with Crippen molar-refractivity contribution in [3.63, 3.8) is 0 Å². The monoisotopic (exact) mass is 548 g/mol. The van der Waals surface area contributed by atoms with E-state index < -0.39 is 0 Å². The Morgan fingerprint density at radius 2 is 1.19 bits per heavy atom. The second kappa shape index (κ2) is 13.8. The minimum atomic E-state index is 0.497. The molecule has 3 heterocycles. The number of aromatic hydroxyl groups is 1. The number of phenols is 1. The van der Waals surface area contributed by atoms with Crippen molar-refractivity contribution in [3.05, 3.63) is 32.6 Å². The standard InChI is InChI=1S/C28H44N4OS3/c1-4-6-8-29-10-14-31(15-11-29)20-24-18-23(27-22(3)28(34)36-35-27)19-25(26(24)33)21-32-16-12-30(13-17-32)9-7-5-2/h18-19,33H,4-17,20-21H2,1-3H3. The van der Waals surface area contributed by atoms with Crippen LogP contribution in [0.1, 0.15) is 56.2 Å². The lowest BCUT2D eigenvalue weighted by Gasteiger charge is -2.36. The average Bonchev–Trinajstić information content (AvgIpc) is 3.23. The predicted molar refractivity (Wildman–Crippen MR) is 158 cm³/mol. The minimum Gasteiger partial charge on any atom is -0.507 e. The van der Waals surface area contributed by atoms with Gasteiger partial charge >= 0.3 is 0 Å². The maximum atomic E-state index is 11.4. The van der Waals surface area contributed by atoms with Gasteiger partial charge in [0.05, 0.1) is 4.88 Å². The summed E-state index contributed by atoms with van der Waals surface area (Å²) in [4.78, 5) is 11.5. The van der Waals surface area contributed by atoms with Gasteiger partial charge in [-0.2, -0.15) is 0 Å². The van der Waals surface area contributed by atoms with E-state index in [4.69, 9.17) is 12.2 Å². The fourth-order valence-corrected chi connectivity index (χ4v) is 8.16. The largest absolute Gasteiger partial charge is 0.507 e. The Balaban J connectivity index is 1.50. The van der Waals surface area contributed by atoms with E-state index in [1.54, 1.807) is 20.7 Å². The van der Waals surface area contributed by atoms with Crippen molar-refractivity contribution in [2.75, 3.05) is 65.4 Å². The van der Waals surface area contributed by atoms with Crippen LogP contribution < -0.4 is 0 Å². The highest BCUT2D eigenvalue weighted by Gasteiger charge is 2.22. The molecule has 0 bridgehead atoms. The van der Waals surface area contributed by atoms with Crippen LogP contribution >= 0.6 is 32.9 Å². The average molecular weight is 549 g/mol. The van der Waals surface area contributed by atoms with E-state index >= 15 is 0 Å². The Bertz CT molecular complexity index is 969. The molecule has 36 heavy (non-hydrogen) atoms. The molecule has 2 aliphatic rings. The van der Waals surface area contributed by atoms with Crippen molar-refractivity contribution in [2.24, 2.45) is 0 Å². The van der Waals surface area contributed by atoms with Crippen molar-refractivity contribution in [1.82, 2.24) is 19.6 Å². The lowest BCUT2D eigenvalue weighted by molar-refractivity contribution is 0.123. The van der Waals surface area contributed by atoms with Gasteiger partial charge in [-0.1, -0.05) is 59.6 Å². The highest BCUT2D eigenvalue weighted by atomic mass is 32.9. The Morgan fingerprint density at radius 1 is 0.750 bits per heavy atom. The van der Waals surface area contributed by atoms with E-state index in [1.165, 1.54) is 54.8 Å². The van der Waals surface area contributed by atoms with E-state index in [0.717, 1.165) is 80.4 Å². The lowest BCUT2D eigenvalue weighted by atomic mass is 10.00. The molecule has 0 atom stereocenters. The molecule has 2 fully saturated rings. The van der Waals surface area contributed by atoms with Gasteiger partial charge in [-0.05, 0) is 56.1 Å². The van der Waals surface area contributed by atoms with Gasteiger partial charge < -0.3 is 14.9 Å². The zero-order chi connectivity index (χ0) is 25.5. The molecule has 1 N–H and O–H groups in total. The van der Waals surface area contributed by atoms with Crippen molar-refractivity contribution in [2.45, 2.75) is 59.5 Å². The predicted octanol–water partition coefficient (Wildman–Crippen LogP) is 6.06. The van der Waals surface area contributed by atoms with E-state index in [-0.39, 0.29) is 0 Å². The van der Waals surface area contributed by atoms with Crippen LogP contribution in [0.2, 0.25) is 0 Å². The van der Waals surface area contributed by atoms with Crippen molar-refractivity contribution < 1.29 is 5.11 Å². The normalized spacial score (nSPS) is 18.8. The molecule has 0 amide bonds. The molecule has 2 aliphatic heterocycles. The SMILES string of the molecule is CCCCN1CCN(Cc2cc(-c3ssc(=S)c3C)cc(CN3CCN(CCCC)CC3)c2O)CC1. The molecular formula is C28H44N4OS3. The Hall–Kier alpha value is -0.870. The molecule has 0 aliphatic carbocycles. The lowest BCUT2D eigenvalue weighted by Crippen LogP contribution is -2.46. The molecule has 2 saturated heterocycles. The molecule has 2 aromatic rings. The van der Waals surface area contributed by atoms with Gasteiger partial charge in [0.15, 0.2) is 0 Å². The molecule has 0 unspecified atom stereocenters. The van der Waals surface area contributed by atoms with Crippen molar-refractivity contribution in [3.8, 4) is 16.2 Å². The Morgan fingerprint density at radius 3 is 1.58 bits per heavy atom. The fraction of sp³-hybridized carbons (Fsp3) is 0.679. The number of hydrogen-bond acceptors (Lipinski definition) is 8. The topological polar surface area (TPSA) is 33.2 Å². The van der Waals surface area contributed by atoms with Crippen molar-refractivity contribution >= 4 is 32.9 Å². The molecular weight excluding hydrogens is 505 g/mol. The maximum absolute atomic E-state index is 11.4.